The molecule has 10 heteroatoms. The van der Waals surface area contributed by atoms with Gasteiger partial charge in [-0.3, -0.25) is 14.4 Å². The first-order valence-electron chi connectivity index (χ1n) is 13.6. The third kappa shape index (κ3) is 5.92. The molecule has 212 valence electrons. The predicted octanol–water partition coefficient (Wildman–Crippen LogP) is 2.44. The van der Waals surface area contributed by atoms with E-state index in [-0.39, 0.29) is 31.0 Å². The lowest BCUT2D eigenvalue weighted by atomic mass is 9.91. The average Bonchev–Trinajstić information content (AvgIpc) is 3.37. The summed E-state index contributed by atoms with van der Waals surface area (Å²) < 4.78 is 0. The van der Waals surface area contributed by atoms with Crippen molar-refractivity contribution in [3.8, 4) is 5.75 Å². The Kier molecular flexibility index (Phi) is 7.76. The molecule has 5 rings (SSSR count). The molecule has 2 heterocycles. The van der Waals surface area contributed by atoms with Crippen LogP contribution in [0.3, 0.4) is 0 Å². The molecule has 1 aliphatic rings. The number of aromatic hydroxyl groups is 1. The van der Waals surface area contributed by atoms with Gasteiger partial charge < -0.3 is 31.8 Å². The number of H-pyrrole nitrogens is 1. The number of nitrogens with zero attached hydrogens (tertiary/aromatic N) is 2. The number of aromatic amines is 1. The number of hydrogen-bond acceptors (Lipinski definition) is 6. The van der Waals surface area contributed by atoms with Crippen molar-refractivity contribution in [3.05, 3.63) is 94.3 Å². The Bertz CT molecular complexity index is 1570. The first-order valence-corrected chi connectivity index (χ1v) is 13.6. The molecule has 0 saturated carbocycles. The topological polar surface area (TPSA) is 167 Å². The SMILES string of the molecule is Cc1cc(O)cc(C)c1C[C@H](N)C(=O)N1Cc2ccccc2C[C@H]1C(=O)N[C@@H](CC(N)=O)c1nc2ccccc2[nH]1. The molecular formula is C31H34N6O4. The van der Waals surface area contributed by atoms with E-state index in [1.807, 2.05) is 62.4 Å². The van der Waals surface area contributed by atoms with Gasteiger partial charge in [-0.25, -0.2) is 4.98 Å². The van der Waals surface area contributed by atoms with Crippen LogP contribution in [0.4, 0.5) is 0 Å². The molecule has 1 aliphatic heterocycles. The highest BCUT2D eigenvalue weighted by Gasteiger charge is 2.38. The third-order valence-electron chi connectivity index (χ3n) is 7.72. The summed E-state index contributed by atoms with van der Waals surface area (Å²) in [5.41, 5.74) is 17.9. The molecule has 1 aromatic heterocycles. The maximum atomic E-state index is 13.9. The number of nitrogens with one attached hydrogen (secondary N) is 2. The maximum absolute atomic E-state index is 13.9. The minimum atomic E-state index is -0.908. The summed E-state index contributed by atoms with van der Waals surface area (Å²) in [5, 5.41) is 12.8. The van der Waals surface area contributed by atoms with Gasteiger partial charge in [-0.05, 0) is 72.4 Å². The molecule has 0 unspecified atom stereocenters. The van der Waals surface area contributed by atoms with E-state index in [9.17, 15) is 19.5 Å². The zero-order valence-electron chi connectivity index (χ0n) is 23.1. The van der Waals surface area contributed by atoms with Crippen molar-refractivity contribution >= 4 is 28.8 Å². The van der Waals surface area contributed by atoms with Crippen LogP contribution < -0.4 is 16.8 Å². The molecule has 3 amide bonds. The molecule has 0 spiro atoms. The predicted molar refractivity (Wildman–Crippen MR) is 155 cm³/mol. The molecule has 3 atom stereocenters. The Labute approximate surface area is 237 Å². The van der Waals surface area contributed by atoms with Gasteiger partial charge in [0.1, 0.15) is 17.6 Å². The lowest BCUT2D eigenvalue weighted by Gasteiger charge is -2.38. The molecule has 41 heavy (non-hydrogen) atoms. The van der Waals surface area contributed by atoms with E-state index < -0.39 is 29.9 Å². The number of aromatic nitrogens is 2. The number of phenols is 1. The first-order chi connectivity index (χ1) is 19.6. The molecule has 7 N–H and O–H groups in total. The molecule has 10 nitrogen and oxygen atoms in total. The number of para-hydroxylation sites is 2. The quantitative estimate of drug-likeness (QED) is 0.224. The van der Waals surface area contributed by atoms with Crippen LogP contribution in [0.1, 0.15) is 46.1 Å². The zero-order valence-corrected chi connectivity index (χ0v) is 23.1. The van der Waals surface area contributed by atoms with Crippen LogP contribution in [0, 0.1) is 13.8 Å². The number of imidazole rings is 1. The van der Waals surface area contributed by atoms with Crippen LogP contribution >= 0.6 is 0 Å². The Morgan fingerprint density at radius 3 is 2.41 bits per heavy atom. The fraction of sp³-hybridized carbons (Fsp3) is 0.290. The molecule has 4 aromatic rings. The number of phenolic OH excluding ortho intramolecular Hbond substituents is 1. The van der Waals surface area contributed by atoms with Crippen LogP contribution in [0.15, 0.2) is 60.7 Å². The number of primary amides is 1. The number of fused-ring (bicyclic) bond motifs is 2. The fourth-order valence-corrected chi connectivity index (χ4v) is 5.62. The number of hydrogen-bond donors (Lipinski definition) is 5. The van der Waals surface area contributed by atoms with Crippen LogP contribution in [0.5, 0.6) is 5.75 Å². The van der Waals surface area contributed by atoms with E-state index in [1.165, 1.54) is 4.90 Å². The summed E-state index contributed by atoms with van der Waals surface area (Å²) in [6, 6.07) is 15.8. The molecular weight excluding hydrogens is 520 g/mol. The molecule has 0 saturated heterocycles. The number of benzene rings is 3. The smallest absolute Gasteiger partial charge is 0.243 e. The van der Waals surface area contributed by atoms with Gasteiger partial charge in [0.15, 0.2) is 0 Å². The Morgan fingerprint density at radius 1 is 1.07 bits per heavy atom. The summed E-state index contributed by atoms with van der Waals surface area (Å²) in [7, 11) is 0. The second-order valence-electron chi connectivity index (χ2n) is 10.7. The minimum Gasteiger partial charge on any atom is -0.508 e. The summed E-state index contributed by atoms with van der Waals surface area (Å²) >= 11 is 0. The van der Waals surface area contributed by atoms with Gasteiger partial charge in [0, 0.05) is 13.0 Å². The second-order valence-corrected chi connectivity index (χ2v) is 10.7. The van der Waals surface area contributed by atoms with E-state index in [0.717, 1.165) is 33.3 Å². The standard InChI is InChI=1S/C31H34N6O4/c1-17-11-21(38)12-18(2)22(17)14-23(32)31(41)37-16-20-8-4-3-7-19(20)13-27(37)30(40)36-26(15-28(33)39)29-34-24-9-5-6-10-25(24)35-29/h3-12,23,26-27,38H,13-16,32H2,1-2H3,(H2,33,39)(H,34,35)(H,36,40)/t23-,26-,27-/m0/s1. The Morgan fingerprint density at radius 2 is 1.73 bits per heavy atom. The number of aryl methyl sites for hydroxylation is 2. The summed E-state index contributed by atoms with van der Waals surface area (Å²) in [6.07, 6.45) is 0.384. The number of nitrogens with two attached hydrogens (primary N) is 2. The minimum absolute atomic E-state index is 0.156. The van der Waals surface area contributed by atoms with Crippen molar-refractivity contribution in [3.63, 3.8) is 0 Å². The van der Waals surface area contributed by atoms with E-state index in [1.54, 1.807) is 12.1 Å². The number of carbonyl (C=O) groups excluding carboxylic acids is 3. The highest BCUT2D eigenvalue weighted by molar-refractivity contribution is 5.91. The van der Waals surface area contributed by atoms with Gasteiger partial charge in [-0.15, -0.1) is 0 Å². The number of rotatable bonds is 8. The second kappa shape index (κ2) is 11.4. The molecule has 0 radical (unpaired) electrons. The van der Waals surface area contributed by atoms with Crippen LogP contribution in [-0.4, -0.2) is 49.8 Å². The largest absolute Gasteiger partial charge is 0.508 e. The monoisotopic (exact) mass is 554 g/mol. The van der Waals surface area contributed by atoms with Crippen molar-refractivity contribution in [2.24, 2.45) is 11.5 Å². The van der Waals surface area contributed by atoms with E-state index >= 15 is 0 Å². The van der Waals surface area contributed by atoms with Crippen LogP contribution in [0.25, 0.3) is 11.0 Å². The maximum Gasteiger partial charge on any atom is 0.243 e. The summed E-state index contributed by atoms with van der Waals surface area (Å²) in [4.78, 5) is 48.9. The van der Waals surface area contributed by atoms with Gasteiger partial charge in [-0.1, -0.05) is 36.4 Å². The summed E-state index contributed by atoms with van der Waals surface area (Å²) in [6.45, 7) is 3.95. The molecule has 3 aromatic carbocycles. The lowest BCUT2D eigenvalue weighted by molar-refractivity contribution is -0.143. The van der Waals surface area contributed by atoms with Crippen molar-refractivity contribution in [2.45, 2.75) is 57.8 Å². The lowest BCUT2D eigenvalue weighted by Crippen LogP contribution is -2.57. The Balaban J connectivity index is 1.42. The van der Waals surface area contributed by atoms with Gasteiger partial charge in [-0.2, -0.15) is 0 Å². The average molecular weight is 555 g/mol. The molecule has 0 aliphatic carbocycles. The third-order valence-corrected chi connectivity index (χ3v) is 7.72. The van der Waals surface area contributed by atoms with Crippen molar-refractivity contribution < 1.29 is 19.5 Å². The highest BCUT2D eigenvalue weighted by Crippen LogP contribution is 2.27. The number of amides is 3. The highest BCUT2D eigenvalue weighted by atomic mass is 16.3. The Hall–Kier alpha value is -4.70. The van der Waals surface area contributed by atoms with Crippen molar-refractivity contribution in [1.82, 2.24) is 20.2 Å². The van der Waals surface area contributed by atoms with E-state index in [2.05, 4.69) is 15.3 Å². The van der Waals surface area contributed by atoms with E-state index in [4.69, 9.17) is 11.5 Å². The van der Waals surface area contributed by atoms with Gasteiger partial charge in [0.25, 0.3) is 0 Å². The van der Waals surface area contributed by atoms with E-state index in [0.29, 0.717) is 17.8 Å². The van der Waals surface area contributed by atoms with Gasteiger partial charge >= 0.3 is 0 Å². The first kappa shape index (κ1) is 27.9. The van der Waals surface area contributed by atoms with Crippen molar-refractivity contribution in [1.29, 1.82) is 0 Å². The number of carbonyl (C=O) groups is 3. The summed E-state index contributed by atoms with van der Waals surface area (Å²) in [5.74, 6) is -0.824. The molecule has 0 bridgehead atoms. The van der Waals surface area contributed by atoms with Gasteiger partial charge in [0.05, 0.1) is 29.5 Å². The molecule has 0 fully saturated rings. The zero-order chi connectivity index (χ0) is 29.3. The van der Waals surface area contributed by atoms with Gasteiger partial charge in [0.2, 0.25) is 17.7 Å². The van der Waals surface area contributed by atoms with Crippen molar-refractivity contribution in [2.75, 3.05) is 0 Å². The van der Waals surface area contributed by atoms with Crippen LogP contribution in [-0.2, 0) is 33.8 Å². The fourth-order valence-electron chi connectivity index (χ4n) is 5.62. The van der Waals surface area contributed by atoms with Crippen LogP contribution in [0.2, 0.25) is 0 Å². The normalized spacial score (nSPS) is 16.2.